The maximum absolute atomic E-state index is 3.86. The molecule has 14 heavy (non-hydrogen) atoms. The Kier molecular flexibility index (Phi) is 3.00. The molecule has 0 saturated carbocycles. The molecule has 0 amide bonds. The van der Waals surface area contributed by atoms with E-state index in [1.165, 1.54) is 5.56 Å². The van der Waals surface area contributed by atoms with Crippen LogP contribution in [0.25, 0.3) is 0 Å². The Labute approximate surface area is 86.8 Å². The predicted molar refractivity (Wildman–Crippen MR) is 63.6 cm³/mol. The van der Waals surface area contributed by atoms with Crippen molar-refractivity contribution in [2.24, 2.45) is 0 Å². The second kappa shape index (κ2) is 3.87. The van der Waals surface area contributed by atoms with Crippen LogP contribution in [0, 0.1) is 0 Å². The smallest absolute Gasteiger partial charge is 0.0419 e. The summed E-state index contributed by atoms with van der Waals surface area (Å²) < 4.78 is 0. The molecule has 0 aliphatic rings. The molecule has 0 aromatic heterocycles. The summed E-state index contributed by atoms with van der Waals surface area (Å²) in [6.45, 7) is 12.5. The number of hydrogen-bond donors (Lipinski definition) is 1. The number of para-hydroxylation sites is 1. The van der Waals surface area contributed by atoms with Gasteiger partial charge in [-0.05, 0) is 24.0 Å². The van der Waals surface area contributed by atoms with Crippen LogP contribution in [-0.4, -0.2) is 0 Å². The normalized spacial score (nSPS) is 11.1. The zero-order valence-electron chi connectivity index (χ0n) is 9.52. The first-order valence-corrected chi connectivity index (χ1v) is 4.93. The van der Waals surface area contributed by atoms with Gasteiger partial charge in [-0.15, -0.1) is 0 Å². The summed E-state index contributed by atoms with van der Waals surface area (Å²) in [5.74, 6) is 0. The summed E-state index contributed by atoms with van der Waals surface area (Å²) >= 11 is 0. The highest BCUT2D eigenvalue weighted by Gasteiger charge is 2.16. The Balaban J connectivity index is 3.10. The van der Waals surface area contributed by atoms with Crippen LogP contribution >= 0.6 is 0 Å². The Morgan fingerprint density at radius 2 is 1.79 bits per heavy atom. The molecule has 0 aliphatic carbocycles. The third-order valence-corrected chi connectivity index (χ3v) is 2.08. The van der Waals surface area contributed by atoms with Gasteiger partial charge in [0.1, 0.15) is 0 Å². The Bertz CT molecular complexity index is 331. The lowest BCUT2D eigenvalue weighted by Gasteiger charge is -2.23. The maximum atomic E-state index is 3.86. The number of anilines is 1. The van der Waals surface area contributed by atoms with Crippen LogP contribution in [-0.2, 0) is 5.41 Å². The van der Waals surface area contributed by atoms with Crippen molar-refractivity contribution in [3.8, 4) is 0 Å². The topological polar surface area (TPSA) is 12.0 Å². The van der Waals surface area contributed by atoms with Gasteiger partial charge in [0.25, 0.3) is 0 Å². The fourth-order valence-electron chi connectivity index (χ4n) is 1.48. The molecule has 1 N–H and O–H groups in total. The van der Waals surface area contributed by atoms with Crippen molar-refractivity contribution < 1.29 is 0 Å². The molecule has 0 radical (unpaired) electrons. The van der Waals surface area contributed by atoms with E-state index in [0.29, 0.717) is 0 Å². The molecular formula is C13H19N. The van der Waals surface area contributed by atoms with Gasteiger partial charge in [0.2, 0.25) is 0 Å². The zero-order valence-corrected chi connectivity index (χ0v) is 9.52. The number of hydrogen-bond acceptors (Lipinski definition) is 1. The average molecular weight is 189 g/mol. The van der Waals surface area contributed by atoms with Crippen molar-refractivity contribution in [1.29, 1.82) is 0 Å². The van der Waals surface area contributed by atoms with Crippen molar-refractivity contribution in [1.82, 2.24) is 0 Å². The minimum Gasteiger partial charge on any atom is -0.359 e. The van der Waals surface area contributed by atoms with Crippen LogP contribution < -0.4 is 5.32 Å². The molecule has 0 atom stereocenters. The van der Waals surface area contributed by atoms with Gasteiger partial charge < -0.3 is 5.32 Å². The summed E-state index contributed by atoms with van der Waals surface area (Å²) in [6, 6.07) is 8.37. The van der Waals surface area contributed by atoms with Gasteiger partial charge in [-0.25, -0.2) is 0 Å². The van der Waals surface area contributed by atoms with Crippen molar-refractivity contribution in [2.75, 3.05) is 5.32 Å². The van der Waals surface area contributed by atoms with E-state index in [9.17, 15) is 0 Å². The van der Waals surface area contributed by atoms with Crippen LogP contribution in [0.3, 0.4) is 0 Å². The fraction of sp³-hybridized carbons (Fsp3) is 0.385. The van der Waals surface area contributed by atoms with E-state index in [1.54, 1.807) is 0 Å². The SMILES string of the molecule is C=C(C)Nc1ccccc1C(C)(C)C. The van der Waals surface area contributed by atoms with Crippen molar-refractivity contribution >= 4 is 5.69 Å². The molecule has 1 rings (SSSR count). The third kappa shape index (κ3) is 2.63. The first kappa shape index (κ1) is 10.8. The lowest BCUT2D eigenvalue weighted by atomic mass is 9.86. The third-order valence-electron chi connectivity index (χ3n) is 2.08. The molecule has 0 heterocycles. The van der Waals surface area contributed by atoms with Gasteiger partial charge in [0.15, 0.2) is 0 Å². The lowest BCUT2D eigenvalue weighted by Crippen LogP contribution is -2.14. The van der Waals surface area contributed by atoms with E-state index in [0.717, 1.165) is 11.4 Å². The van der Waals surface area contributed by atoms with Gasteiger partial charge in [0, 0.05) is 11.4 Å². The van der Waals surface area contributed by atoms with E-state index < -0.39 is 0 Å². The van der Waals surface area contributed by atoms with E-state index in [-0.39, 0.29) is 5.41 Å². The molecule has 0 saturated heterocycles. The summed E-state index contributed by atoms with van der Waals surface area (Å²) in [5, 5.41) is 3.29. The van der Waals surface area contributed by atoms with Gasteiger partial charge in [-0.1, -0.05) is 45.5 Å². The monoisotopic (exact) mass is 189 g/mol. The summed E-state index contributed by atoms with van der Waals surface area (Å²) in [7, 11) is 0. The van der Waals surface area contributed by atoms with Crippen LogP contribution in [0.1, 0.15) is 33.3 Å². The van der Waals surface area contributed by atoms with Gasteiger partial charge >= 0.3 is 0 Å². The van der Waals surface area contributed by atoms with Crippen LogP contribution in [0.15, 0.2) is 36.5 Å². The molecule has 1 aromatic rings. The minimum absolute atomic E-state index is 0.166. The number of rotatable bonds is 2. The highest BCUT2D eigenvalue weighted by molar-refractivity contribution is 5.56. The molecule has 0 bridgehead atoms. The molecule has 0 fully saturated rings. The van der Waals surface area contributed by atoms with Crippen molar-refractivity contribution in [3.63, 3.8) is 0 Å². The number of nitrogens with one attached hydrogen (secondary N) is 1. The Morgan fingerprint density at radius 1 is 1.21 bits per heavy atom. The second-order valence-corrected chi connectivity index (χ2v) is 4.70. The van der Waals surface area contributed by atoms with Crippen LogP contribution in [0.2, 0.25) is 0 Å². The van der Waals surface area contributed by atoms with E-state index in [1.807, 2.05) is 13.0 Å². The molecule has 76 valence electrons. The molecule has 1 heteroatoms. The zero-order chi connectivity index (χ0) is 10.8. The van der Waals surface area contributed by atoms with Gasteiger partial charge in [-0.2, -0.15) is 0 Å². The largest absolute Gasteiger partial charge is 0.359 e. The first-order chi connectivity index (χ1) is 6.41. The fourth-order valence-corrected chi connectivity index (χ4v) is 1.48. The molecular weight excluding hydrogens is 170 g/mol. The van der Waals surface area contributed by atoms with Gasteiger partial charge in [0.05, 0.1) is 0 Å². The lowest BCUT2D eigenvalue weighted by molar-refractivity contribution is 0.592. The highest BCUT2D eigenvalue weighted by atomic mass is 14.9. The molecule has 0 aliphatic heterocycles. The minimum atomic E-state index is 0.166. The number of allylic oxidation sites excluding steroid dienone is 1. The van der Waals surface area contributed by atoms with Crippen LogP contribution in [0.4, 0.5) is 5.69 Å². The molecule has 0 spiro atoms. The highest BCUT2D eigenvalue weighted by Crippen LogP contribution is 2.29. The van der Waals surface area contributed by atoms with Crippen LogP contribution in [0.5, 0.6) is 0 Å². The van der Waals surface area contributed by atoms with Gasteiger partial charge in [-0.3, -0.25) is 0 Å². The number of benzene rings is 1. The summed E-state index contributed by atoms with van der Waals surface area (Å²) in [4.78, 5) is 0. The Morgan fingerprint density at radius 3 is 2.29 bits per heavy atom. The van der Waals surface area contributed by atoms with E-state index in [2.05, 4.69) is 50.9 Å². The molecule has 1 nitrogen and oxygen atoms in total. The first-order valence-electron chi connectivity index (χ1n) is 4.93. The molecule has 1 aromatic carbocycles. The standard InChI is InChI=1S/C13H19N/c1-10(2)14-12-9-7-6-8-11(12)13(3,4)5/h6-9,14H,1H2,2-5H3. The van der Waals surface area contributed by atoms with E-state index >= 15 is 0 Å². The quantitative estimate of drug-likeness (QED) is 0.743. The Hall–Kier alpha value is -1.24. The second-order valence-electron chi connectivity index (χ2n) is 4.70. The van der Waals surface area contributed by atoms with Crippen molar-refractivity contribution in [3.05, 3.63) is 42.1 Å². The summed E-state index contributed by atoms with van der Waals surface area (Å²) in [5.41, 5.74) is 3.62. The van der Waals surface area contributed by atoms with E-state index in [4.69, 9.17) is 0 Å². The molecule has 0 unspecified atom stereocenters. The summed E-state index contributed by atoms with van der Waals surface area (Å²) in [6.07, 6.45) is 0. The predicted octanol–water partition coefficient (Wildman–Crippen LogP) is 3.93. The average Bonchev–Trinajstić information content (AvgIpc) is 2.01. The maximum Gasteiger partial charge on any atom is 0.0419 e. The van der Waals surface area contributed by atoms with Crippen molar-refractivity contribution in [2.45, 2.75) is 33.1 Å².